The third kappa shape index (κ3) is 2.15. The van der Waals surface area contributed by atoms with Crippen molar-refractivity contribution in [3.05, 3.63) is 29.8 Å². The number of hydrogen-bond acceptors (Lipinski definition) is 2. The lowest BCUT2D eigenvalue weighted by Crippen LogP contribution is -2.22. The summed E-state index contributed by atoms with van der Waals surface area (Å²) in [5, 5.41) is 0. The van der Waals surface area contributed by atoms with Gasteiger partial charge in [-0.3, -0.25) is 9.59 Å². The van der Waals surface area contributed by atoms with E-state index in [1.807, 2.05) is 0 Å². The van der Waals surface area contributed by atoms with Gasteiger partial charge >= 0.3 is 0 Å². The van der Waals surface area contributed by atoms with E-state index >= 15 is 0 Å². The van der Waals surface area contributed by atoms with Crippen molar-refractivity contribution in [3.63, 3.8) is 0 Å². The van der Waals surface area contributed by atoms with Crippen LogP contribution in [-0.2, 0) is 4.79 Å². The van der Waals surface area contributed by atoms with Crippen LogP contribution < -0.4 is 4.90 Å². The Labute approximate surface area is 77.0 Å². The molecule has 0 fully saturated rings. The standard InChI is InChI=1S/C10H11NO2/c1-8(13)11(2)10-5-3-9(7-12)4-6-10/h3-7H,1-2H3. The van der Waals surface area contributed by atoms with Gasteiger partial charge in [0.25, 0.3) is 0 Å². The maximum Gasteiger partial charge on any atom is 0.223 e. The first-order valence-corrected chi connectivity index (χ1v) is 3.94. The predicted octanol–water partition coefficient (Wildman–Crippen LogP) is 1.48. The fourth-order valence-electron chi connectivity index (χ4n) is 0.958. The molecule has 0 aliphatic rings. The van der Waals surface area contributed by atoms with Gasteiger partial charge in [-0.25, -0.2) is 0 Å². The number of rotatable bonds is 2. The van der Waals surface area contributed by atoms with Crippen molar-refractivity contribution in [2.24, 2.45) is 0 Å². The molecule has 1 aromatic carbocycles. The Morgan fingerprint density at radius 3 is 2.23 bits per heavy atom. The Kier molecular flexibility index (Phi) is 2.80. The molecule has 0 aromatic heterocycles. The van der Waals surface area contributed by atoms with Crippen LogP contribution in [-0.4, -0.2) is 19.2 Å². The zero-order valence-corrected chi connectivity index (χ0v) is 7.65. The summed E-state index contributed by atoms with van der Waals surface area (Å²) in [4.78, 5) is 22.8. The smallest absolute Gasteiger partial charge is 0.223 e. The van der Waals surface area contributed by atoms with E-state index in [2.05, 4.69) is 0 Å². The van der Waals surface area contributed by atoms with Gasteiger partial charge in [0.05, 0.1) is 0 Å². The zero-order valence-electron chi connectivity index (χ0n) is 7.65. The SMILES string of the molecule is CC(=O)N(C)c1ccc(C=O)cc1. The molecular formula is C10H11NO2. The second-order valence-electron chi connectivity index (χ2n) is 2.79. The van der Waals surface area contributed by atoms with Crippen LogP contribution in [0.5, 0.6) is 0 Å². The van der Waals surface area contributed by atoms with Crippen LogP contribution in [0.3, 0.4) is 0 Å². The molecule has 0 atom stereocenters. The van der Waals surface area contributed by atoms with E-state index in [9.17, 15) is 9.59 Å². The van der Waals surface area contributed by atoms with Crippen molar-refractivity contribution in [1.29, 1.82) is 0 Å². The van der Waals surface area contributed by atoms with Crippen molar-refractivity contribution in [1.82, 2.24) is 0 Å². The molecule has 1 rings (SSSR count). The lowest BCUT2D eigenvalue weighted by atomic mass is 10.2. The summed E-state index contributed by atoms with van der Waals surface area (Å²) in [6, 6.07) is 6.85. The second kappa shape index (κ2) is 3.85. The third-order valence-electron chi connectivity index (χ3n) is 1.89. The number of carbonyl (C=O) groups excluding carboxylic acids is 2. The van der Waals surface area contributed by atoms with E-state index in [-0.39, 0.29) is 5.91 Å². The number of carbonyl (C=O) groups is 2. The van der Waals surface area contributed by atoms with E-state index in [0.29, 0.717) is 5.56 Å². The molecule has 1 aromatic rings. The van der Waals surface area contributed by atoms with Crippen molar-refractivity contribution >= 4 is 17.9 Å². The number of anilines is 1. The van der Waals surface area contributed by atoms with E-state index in [1.54, 1.807) is 31.3 Å². The Morgan fingerprint density at radius 2 is 1.85 bits per heavy atom. The number of aldehydes is 1. The van der Waals surface area contributed by atoms with E-state index < -0.39 is 0 Å². The molecule has 0 aliphatic heterocycles. The van der Waals surface area contributed by atoms with Crippen molar-refractivity contribution in [2.75, 3.05) is 11.9 Å². The Bertz CT molecular complexity index is 316. The van der Waals surface area contributed by atoms with E-state index in [0.717, 1.165) is 12.0 Å². The van der Waals surface area contributed by atoms with Gasteiger partial charge in [-0.05, 0) is 24.3 Å². The van der Waals surface area contributed by atoms with Crippen LogP contribution >= 0.6 is 0 Å². The summed E-state index contributed by atoms with van der Waals surface area (Å²) in [6.45, 7) is 1.49. The molecule has 68 valence electrons. The largest absolute Gasteiger partial charge is 0.316 e. The van der Waals surface area contributed by atoms with Gasteiger partial charge in [-0.2, -0.15) is 0 Å². The molecular weight excluding hydrogens is 166 g/mol. The van der Waals surface area contributed by atoms with Gasteiger partial charge in [0.15, 0.2) is 0 Å². The van der Waals surface area contributed by atoms with Gasteiger partial charge in [0.1, 0.15) is 6.29 Å². The highest BCUT2D eigenvalue weighted by atomic mass is 16.2. The number of nitrogens with zero attached hydrogens (tertiary/aromatic N) is 1. The van der Waals surface area contributed by atoms with Gasteiger partial charge < -0.3 is 4.90 Å². The van der Waals surface area contributed by atoms with Crippen LogP contribution in [0.15, 0.2) is 24.3 Å². The van der Waals surface area contributed by atoms with E-state index in [1.165, 1.54) is 11.8 Å². The molecule has 0 saturated carbocycles. The predicted molar refractivity (Wildman–Crippen MR) is 50.9 cm³/mol. The molecule has 3 nitrogen and oxygen atoms in total. The van der Waals surface area contributed by atoms with Gasteiger partial charge in [-0.1, -0.05) is 0 Å². The maximum atomic E-state index is 11.0. The molecule has 0 N–H and O–H groups in total. The molecule has 0 spiro atoms. The minimum Gasteiger partial charge on any atom is -0.316 e. The minimum atomic E-state index is -0.0288. The third-order valence-corrected chi connectivity index (χ3v) is 1.89. The highest BCUT2D eigenvalue weighted by Crippen LogP contribution is 2.12. The number of hydrogen-bond donors (Lipinski definition) is 0. The van der Waals surface area contributed by atoms with Crippen molar-refractivity contribution in [3.8, 4) is 0 Å². The van der Waals surface area contributed by atoms with Crippen LogP contribution in [0.1, 0.15) is 17.3 Å². The normalized spacial score (nSPS) is 9.38. The fraction of sp³-hybridized carbons (Fsp3) is 0.200. The fourth-order valence-corrected chi connectivity index (χ4v) is 0.958. The summed E-state index contributed by atoms with van der Waals surface area (Å²) in [6.07, 6.45) is 0.775. The first-order chi connectivity index (χ1) is 6.15. The van der Waals surface area contributed by atoms with Crippen molar-refractivity contribution < 1.29 is 9.59 Å². The molecule has 0 aliphatic carbocycles. The molecule has 0 bridgehead atoms. The van der Waals surface area contributed by atoms with Crippen LogP contribution in [0, 0.1) is 0 Å². The Balaban J connectivity index is 2.91. The molecule has 0 unspecified atom stereocenters. The van der Waals surface area contributed by atoms with Gasteiger partial charge in [-0.15, -0.1) is 0 Å². The van der Waals surface area contributed by atoms with Crippen LogP contribution in [0.4, 0.5) is 5.69 Å². The molecule has 0 saturated heterocycles. The van der Waals surface area contributed by atoms with Crippen LogP contribution in [0.25, 0.3) is 0 Å². The highest BCUT2D eigenvalue weighted by molar-refractivity contribution is 5.91. The van der Waals surface area contributed by atoms with Gasteiger partial charge in [0, 0.05) is 25.2 Å². The monoisotopic (exact) mass is 177 g/mol. The summed E-state index contributed by atoms with van der Waals surface area (Å²) in [5.74, 6) is -0.0288. The quantitative estimate of drug-likeness (QED) is 0.642. The van der Waals surface area contributed by atoms with Crippen LogP contribution in [0.2, 0.25) is 0 Å². The lowest BCUT2D eigenvalue weighted by molar-refractivity contribution is -0.116. The summed E-state index contributed by atoms with van der Waals surface area (Å²) in [5.41, 5.74) is 1.40. The minimum absolute atomic E-state index is 0.0288. The molecule has 13 heavy (non-hydrogen) atoms. The topological polar surface area (TPSA) is 37.4 Å². The summed E-state index contributed by atoms with van der Waals surface area (Å²) >= 11 is 0. The summed E-state index contributed by atoms with van der Waals surface area (Å²) in [7, 11) is 1.69. The molecule has 1 amide bonds. The number of benzene rings is 1. The highest BCUT2D eigenvalue weighted by Gasteiger charge is 2.03. The number of amides is 1. The van der Waals surface area contributed by atoms with E-state index in [4.69, 9.17) is 0 Å². The maximum absolute atomic E-state index is 11.0. The Morgan fingerprint density at radius 1 is 1.31 bits per heavy atom. The average Bonchev–Trinajstić information content (AvgIpc) is 2.17. The molecule has 0 radical (unpaired) electrons. The zero-order chi connectivity index (χ0) is 9.84. The molecule has 0 heterocycles. The summed E-state index contributed by atoms with van der Waals surface area (Å²) < 4.78 is 0. The van der Waals surface area contributed by atoms with Crippen molar-refractivity contribution in [2.45, 2.75) is 6.92 Å². The average molecular weight is 177 g/mol. The first kappa shape index (κ1) is 9.45. The second-order valence-corrected chi connectivity index (χ2v) is 2.79. The first-order valence-electron chi connectivity index (χ1n) is 3.94. The Hall–Kier alpha value is -1.64. The van der Waals surface area contributed by atoms with Gasteiger partial charge in [0.2, 0.25) is 5.91 Å². The lowest BCUT2D eigenvalue weighted by Gasteiger charge is -2.14. The molecule has 3 heteroatoms.